The fourth-order valence-corrected chi connectivity index (χ4v) is 6.47. The highest BCUT2D eigenvalue weighted by molar-refractivity contribution is 7.99. The first-order valence-corrected chi connectivity index (χ1v) is 13.3. The number of nitrogens with one attached hydrogen (secondary N) is 1. The van der Waals surface area contributed by atoms with Crippen LogP contribution < -0.4 is 4.72 Å². The highest BCUT2D eigenvalue weighted by Gasteiger charge is 2.37. The number of para-hydroxylation sites is 1. The molecule has 10 heteroatoms. The summed E-state index contributed by atoms with van der Waals surface area (Å²) >= 11 is 1.25. The number of amides is 2. The minimum absolute atomic E-state index is 0.00149. The van der Waals surface area contributed by atoms with Crippen LogP contribution in [0.4, 0.5) is 5.69 Å². The summed E-state index contributed by atoms with van der Waals surface area (Å²) in [6, 6.07) is 17.8. The van der Waals surface area contributed by atoms with E-state index in [1.165, 1.54) is 31.8 Å². The van der Waals surface area contributed by atoms with Crippen LogP contribution in [0.3, 0.4) is 0 Å². The molecule has 0 radical (unpaired) electrons. The van der Waals surface area contributed by atoms with Crippen LogP contribution in [0, 0.1) is 5.92 Å². The first-order valence-electron chi connectivity index (χ1n) is 11.0. The van der Waals surface area contributed by atoms with Gasteiger partial charge in [-0.25, -0.2) is 8.42 Å². The van der Waals surface area contributed by atoms with Gasteiger partial charge in [-0.3, -0.25) is 24.2 Å². The van der Waals surface area contributed by atoms with E-state index in [0.29, 0.717) is 15.7 Å². The molecule has 1 unspecified atom stereocenters. The van der Waals surface area contributed by atoms with Crippen LogP contribution in [0.5, 0.6) is 5.75 Å². The van der Waals surface area contributed by atoms with Gasteiger partial charge in [0, 0.05) is 34.3 Å². The SMILES string of the molecule is CC1C=C(S(=O)(=O)Nc2cc(Sc3cccc4cccnc34)c(O)c3ccccc23)C(=O)N(C)C1=O. The van der Waals surface area contributed by atoms with Crippen molar-refractivity contribution in [2.45, 2.75) is 16.7 Å². The number of hydrogen-bond donors (Lipinski definition) is 2. The van der Waals surface area contributed by atoms with Gasteiger partial charge in [-0.15, -0.1) is 0 Å². The zero-order valence-electron chi connectivity index (χ0n) is 19.3. The normalized spacial score (nSPS) is 16.4. The third-order valence-corrected chi connectivity index (χ3v) is 8.43. The van der Waals surface area contributed by atoms with Crippen molar-refractivity contribution in [3.05, 3.63) is 77.8 Å². The molecule has 2 N–H and O–H groups in total. The summed E-state index contributed by atoms with van der Waals surface area (Å²) in [7, 11) is -3.08. The van der Waals surface area contributed by atoms with E-state index in [2.05, 4.69) is 9.71 Å². The maximum atomic E-state index is 13.3. The van der Waals surface area contributed by atoms with E-state index in [9.17, 15) is 23.1 Å². The molecule has 0 fully saturated rings. The van der Waals surface area contributed by atoms with Crippen molar-refractivity contribution in [1.29, 1.82) is 0 Å². The van der Waals surface area contributed by atoms with Crippen LogP contribution in [0.1, 0.15) is 6.92 Å². The zero-order valence-corrected chi connectivity index (χ0v) is 20.9. The number of nitrogens with zero attached hydrogens (tertiary/aromatic N) is 2. The first-order chi connectivity index (χ1) is 17.2. The molecule has 36 heavy (non-hydrogen) atoms. The molecule has 4 aromatic rings. The number of phenolic OH excluding ortho intramolecular Hbond substituents is 1. The molecule has 1 aliphatic heterocycles. The Morgan fingerprint density at radius 2 is 1.72 bits per heavy atom. The summed E-state index contributed by atoms with van der Waals surface area (Å²) in [5.74, 6) is -2.14. The van der Waals surface area contributed by atoms with E-state index < -0.39 is 32.7 Å². The van der Waals surface area contributed by atoms with Crippen molar-refractivity contribution in [3.63, 3.8) is 0 Å². The van der Waals surface area contributed by atoms with E-state index in [1.54, 1.807) is 30.5 Å². The minimum atomic E-state index is -4.34. The summed E-state index contributed by atoms with van der Waals surface area (Å²) in [5, 5.41) is 12.9. The quantitative estimate of drug-likeness (QED) is 0.294. The second-order valence-corrected chi connectivity index (χ2v) is 11.1. The highest BCUT2D eigenvalue weighted by atomic mass is 32.2. The smallest absolute Gasteiger partial charge is 0.273 e. The molecule has 0 saturated heterocycles. The molecule has 2 amide bonds. The fraction of sp³-hybridized carbons (Fsp3) is 0.115. The molecule has 1 atom stereocenters. The number of carbonyl (C=O) groups is 2. The lowest BCUT2D eigenvalue weighted by molar-refractivity contribution is -0.143. The molecule has 0 bridgehead atoms. The first kappa shape index (κ1) is 23.8. The lowest BCUT2D eigenvalue weighted by atomic mass is 10.1. The molecule has 0 spiro atoms. The van der Waals surface area contributed by atoms with Crippen LogP contribution >= 0.6 is 11.8 Å². The molecular formula is C26H21N3O5S2. The molecule has 182 valence electrons. The molecular weight excluding hydrogens is 498 g/mol. The second kappa shape index (κ2) is 8.96. The number of hydrogen-bond acceptors (Lipinski definition) is 7. The summed E-state index contributed by atoms with van der Waals surface area (Å²) in [4.78, 5) is 30.7. The molecule has 3 aromatic carbocycles. The van der Waals surface area contributed by atoms with E-state index in [-0.39, 0.29) is 11.4 Å². The fourth-order valence-electron chi connectivity index (χ4n) is 4.12. The molecule has 5 rings (SSSR count). The van der Waals surface area contributed by atoms with Crippen molar-refractivity contribution in [1.82, 2.24) is 9.88 Å². The van der Waals surface area contributed by atoms with Gasteiger partial charge < -0.3 is 5.11 Å². The number of phenols is 1. The number of carbonyl (C=O) groups excluding carboxylic acids is 2. The van der Waals surface area contributed by atoms with Crippen LogP contribution in [-0.4, -0.2) is 42.3 Å². The van der Waals surface area contributed by atoms with Gasteiger partial charge in [0.2, 0.25) is 5.91 Å². The second-order valence-electron chi connectivity index (χ2n) is 8.38. The zero-order chi connectivity index (χ0) is 25.6. The molecule has 1 aromatic heterocycles. The third-order valence-electron chi connectivity index (χ3n) is 5.97. The number of rotatable bonds is 5. The number of imide groups is 1. The van der Waals surface area contributed by atoms with Crippen molar-refractivity contribution in [3.8, 4) is 5.75 Å². The lowest BCUT2D eigenvalue weighted by Crippen LogP contribution is -2.43. The van der Waals surface area contributed by atoms with Crippen LogP contribution in [0.15, 0.2) is 87.6 Å². The summed E-state index contributed by atoms with van der Waals surface area (Å²) in [5.41, 5.74) is 0.944. The summed E-state index contributed by atoms with van der Waals surface area (Å²) < 4.78 is 29.2. The molecule has 0 aliphatic carbocycles. The third kappa shape index (κ3) is 4.08. The summed E-state index contributed by atoms with van der Waals surface area (Å²) in [6.45, 7) is 1.53. The van der Waals surface area contributed by atoms with Crippen molar-refractivity contribution < 1.29 is 23.1 Å². The van der Waals surface area contributed by atoms with Gasteiger partial charge in [-0.1, -0.05) is 61.2 Å². The van der Waals surface area contributed by atoms with E-state index in [4.69, 9.17) is 0 Å². The largest absolute Gasteiger partial charge is 0.506 e. The molecule has 0 saturated carbocycles. The Bertz CT molecular complexity index is 1690. The Labute approximate surface area is 211 Å². The van der Waals surface area contributed by atoms with Crippen LogP contribution in [-0.2, 0) is 19.6 Å². The number of aromatic nitrogens is 1. The van der Waals surface area contributed by atoms with Crippen molar-refractivity contribution >= 4 is 61.0 Å². The Morgan fingerprint density at radius 3 is 2.50 bits per heavy atom. The Morgan fingerprint density at radius 1 is 1.00 bits per heavy atom. The predicted molar refractivity (Wildman–Crippen MR) is 139 cm³/mol. The number of pyridine rings is 1. The van der Waals surface area contributed by atoms with Gasteiger partial charge in [-0.2, -0.15) is 0 Å². The predicted octanol–water partition coefficient (Wildman–Crippen LogP) is 4.51. The minimum Gasteiger partial charge on any atom is -0.506 e. The maximum absolute atomic E-state index is 13.3. The Balaban J connectivity index is 1.61. The lowest BCUT2D eigenvalue weighted by Gasteiger charge is -2.25. The summed E-state index contributed by atoms with van der Waals surface area (Å²) in [6.07, 6.45) is 2.84. The van der Waals surface area contributed by atoms with Crippen LogP contribution in [0.25, 0.3) is 21.7 Å². The van der Waals surface area contributed by atoms with Gasteiger partial charge in [0.25, 0.3) is 15.9 Å². The van der Waals surface area contributed by atoms with Gasteiger partial charge in [0.15, 0.2) is 0 Å². The standard InChI is InChI=1S/C26H21N3O5S2/c1-15-13-22(26(32)29(2)25(15)31)36(33,34)28-19-14-21(24(30)18-10-4-3-9-17(18)19)35-20-11-5-7-16-8-6-12-27-23(16)20/h3-15,28,30H,1-2H3. The Hall–Kier alpha value is -3.89. The maximum Gasteiger partial charge on any atom is 0.273 e. The van der Waals surface area contributed by atoms with Crippen molar-refractivity contribution in [2.75, 3.05) is 11.8 Å². The van der Waals surface area contributed by atoms with E-state index in [0.717, 1.165) is 26.8 Å². The topological polar surface area (TPSA) is 117 Å². The van der Waals surface area contributed by atoms with E-state index in [1.807, 2.05) is 30.3 Å². The van der Waals surface area contributed by atoms with Gasteiger partial charge >= 0.3 is 0 Å². The molecule has 2 heterocycles. The van der Waals surface area contributed by atoms with Gasteiger partial charge in [0.05, 0.1) is 22.0 Å². The average molecular weight is 520 g/mol. The Kier molecular flexibility index (Phi) is 5.93. The van der Waals surface area contributed by atoms with Crippen LogP contribution in [0.2, 0.25) is 0 Å². The number of fused-ring (bicyclic) bond motifs is 2. The number of benzene rings is 3. The van der Waals surface area contributed by atoms with Gasteiger partial charge in [-0.05, 0) is 24.3 Å². The average Bonchev–Trinajstić information content (AvgIpc) is 2.87. The van der Waals surface area contributed by atoms with E-state index >= 15 is 0 Å². The number of sulfonamides is 1. The van der Waals surface area contributed by atoms with Gasteiger partial charge in [0.1, 0.15) is 10.7 Å². The van der Waals surface area contributed by atoms with Crippen molar-refractivity contribution in [2.24, 2.45) is 5.92 Å². The molecule has 8 nitrogen and oxygen atoms in total. The number of anilines is 1. The highest BCUT2D eigenvalue weighted by Crippen LogP contribution is 2.44. The number of aromatic hydroxyl groups is 1. The molecule has 1 aliphatic rings. The number of likely N-dealkylation sites (N-methyl/N-ethyl adjacent to an activating group) is 1. The monoisotopic (exact) mass is 519 g/mol.